The van der Waals surface area contributed by atoms with Gasteiger partial charge in [-0.3, -0.25) is 4.79 Å². The number of rotatable bonds is 6. The molecular formula is C28H30N2O5. The van der Waals surface area contributed by atoms with Crippen LogP contribution in [0.15, 0.2) is 48.5 Å². The maximum atomic E-state index is 13.1. The molecule has 3 N–H and O–H groups in total. The van der Waals surface area contributed by atoms with Crippen molar-refractivity contribution in [3.05, 3.63) is 59.7 Å². The Morgan fingerprint density at radius 1 is 0.943 bits per heavy atom. The van der Waals surface area contributed by atoms with Gasteiger partial charge < -0.3 is 20.5 Å². The molecule has 2 aromatic rings. The van der Waals surface area contributed by atoms with Crippen LogP contribution in [0.4, 0.5) is 4.79 Å². The molecule has 4 aliphatic carbocycles. The second-order valence-electron chi connectivity index (χ2n) is 10.7. The van der Waals surface area contributed by atoms with E-state index in [1.165, 1.54) is 22.3 Å². The van der Waals surface area contributed by atoms with Crippen molar-refractivity contribution in [1.82, 2.24) is 10.6 Å². The number of carboxylic acid groups (broad SMARTS) is 1. The number of benzene rings is 2. The summed E-state index contributed by atoms with van der Waals surface area (Å²) in [6.45, 7) is 0.253. The van der Waals surface area contributed by atoms with E-state index in [4.69, 9.17) is 4.74 Å². The van der Waals surface area contributed by atoms with Crippen molar-refractivity contribution in [3.63, 3.8) is 0 Å². The fourth-order valence-electron chi connectivity index (χ4n) is 6.81. The number of carboxylic acids is 1. The molecule has 0 heterocycles. The van der Waals surface area contributed by atoms with E-state index in [1.54, 1.807) is 0 Å². The van der Waals surface area contributed by atoms with Gasteiger partial charge in [0.1, 0.15) is 12.1 Å². The summed E-state index contributed by atoms with van der Waals surface area (Å²) >= 11 is 0. The Bertz CT molecular complexity index is 1160. The van der Waals surface area contributed by atoms with Crippen LogP contribution in [0, 0.1) is 11.3 Å². The summed E-state index contributed by atoms with van der Waals surface area (Å²) in [7, 11) is 0. The van der Waals surface area contributed by atoms with E-state index >= 15 is 0 Å². The number of alkyl carbamates (subject to hydrolysis) is 1. The van der Waals surface area contributed by atoms with E-state index < -0.39 is 23.0 Å². The van der Waals surface area contributed by atoms with Crippen LogP contribution in [-0.4, -0.2) is 41.3 Å². The number of nitrogens with one attached hydrogen (secondary N) is 2. The van der Waals surface area contributed by atoms with Crippen LogP contribution in [-0.2, 0) is 14.3 Å². The van der Waals surface area contributed by atoms with Crippen molar-refractivity contribution in [1.29, 1.82) is 0 Å². The molecule has 0 saturated heterocycles. The summed E-state index contributed by atoms with van der Waals surface area (Å²) in [5.74, 6) is -0.915. The average Bonchev–Trinajstić information content (AvgIpc) is 3.18. The molecule has 0 bridgehead atoms. The lowest BCUT2D eigenvalue weighted by Crippen LogP contribution is -2.54. The van der Waals surface area contributed by atoms with Gasteiger partial charge in [0, 0.05) is 12.0 Å². The SMILES string of the molecule is O=C(N[C@H]1C[C@@H]2C[C@]2(C(=O)NC2(C(=O)O)CCCC2)C1)OCC1c2ccccc2-c2ccccc21. The van der Waals surface area contributed by atoms with Crippen LogP contribution in [0.25, 0.3) is 11.1 Å². The number of fused-ring (bicyclic) bond motifs is 4. The van der Waals surface area contributed by atoms with Crippen LogP contribution in [0.5, 0.6) is 0 Å². The van der Waals surface area contributed by atoms with Crippen molar-refractivity contribution in [2.24, 2.45) is 11.3 Å². The molecule has 2 aromatic carbocycles. The lowest BCUT2D eigenvalue weighted by molar-refractivity contribution is -0.148. The lowest BCUT2D eigenvalue weighted by atomic mass is 9.94. The number of amides is 2. The van der Waals surface area contributed by atoms with Gasteiger partial charge in [0.2, 0.25) is 5.91 Å². The lowest BCUT2D eigenvalue weighted by Gasteiger charge is -2.28. The first-order valence-electron chi connectivity index (χ1n) is 12.6. The Hall–Kier alpha value is -3.35. The summed E-state index contributed by atoms with van der Waals surface area (Å²) in [5.41, 5.74) is 3.02. The largest absolute Gasteiger partial charge is 0.480 e. The third-order valence-electron chi connectivity index (χ3n) is 8.75. The van der Waals surface area contributed by atoms with Crippen molar-refractivity contribution >= 4 is 18.0 Å². The Labute approximate surface area is 204 Å². The summed E-state index contributed by atoms with van der Waals surface area (Å²) in [6.07, 6.45) is 4.14. The van der Waals surface area contributed by atoms with Gasteiger partial charge in [0.05, 0.1) is 5.41 Å². The predicted octanol–water partition coefficient (Wildman–Crippen LogP) is 4.21. The highest BCUT2D eigenvalue weighted by molar-refractivity contribution is 5.92. The van der Waals surface area contributed by atoms with Crippen molar-refractivity contribution in [2.75, 3.05) is 6.61 Å². The minimum absolute atomic E-state index is 0.000806. The fraction of sp³-hybridized carbons (Fsp3) is 0.464. The van der Waals surface area contributed by atoms with E-state index in [-0.39, 0.29) is 30.4 Å². The highest BCUT2D eigenvalue weighted by atomic mass is 16.5. The highest BCUT2D eigenvalue weighted by Crippen LogP contribution is 2.64. The third-order valence-corrected chi connectivity index (χ3v) is 8.75. The maximum absolute atomic E-state index is 13.1. The number of hydrogen-bond acceptors (Lipinski definition) is 4. The second kappa shape index (κ2) is 8.11. The van der Waals surface area contributed by atoms with Gasteiger partial charge in [-0.15, -0.1) is 0 Å². The topological polar surface area (TPSA) is 105 Å². The zero-order chi connectivity index (χ0) is 24.2. The molecule has 0 unspecified atom stereocenters. The number of carbonyl (C=O) groups is 3. The Morgan fingerprint density at radius 2 is 1.57 bits per heavy atom. The normalized spacial score (nSPS) is 27.4. The van der Waals surface area contributed by atoms with Gasteiger partial charge in [0.15, 0.2) is 0 Å². The van der Waals surface area contributed by atoms with Gasteiger partial charge in [-0.2, -0.15) is 0 Å². The van der Waals surface area contributed by atoms with Crippen molar-refractivity contribution in [2.45, 2.75) is 62.4 Å². The summed E-state index contributed by atoms with van der Waals surface area (Å²) in [6, 6.07) is 16.3. The van der Waals surface area contributed by atoms with Crippen LogP contribution in [0.1, 0.15) is 62.0 Å². The van der Waals surface area contributed by atoms with Crippen molar-refractivity contribution in [3.8, 4) is 11.1 Å². The van der Waals surface area contributed by atoms with Crippen LogP contribution in [0.2, 0.25) is 0 Å². The van der Waals surface area contributed by atoms with Gasteiger partial charge in [-0.05, 0) is 60.3 Å². The second-order valence-corrected chi connectivity index (χ2v) is 10.7. The van der Waals surface area contributed by atoms with Crippen LogP contribution >= 0.6 is 0 Å². The molecule has 4 aliphatic rings. The summed E-state index contributed by atoms with van der Waals surface area (Å²) in [4.78, 5) is 37.7. The molecule has 0 aliphatic heterocycles. The van der Waals surface area contributed by atoms with Gasteiger partial charge in [0.25, 0.3) is 0 Å². The van der Waals surface area contributed by atoms with Gasteiger partial charge >= 0.3 is 12.1 Å². The van der Waals surface area contributed by atoms with E-state index in [0.29, 0.717) is 19.3 Å². The van der Waals surface area contributed by atoms with Gasteiger partial charge in [-0.1, -0.05) is 61.4 Å². The molecule has 3 saturated carbocycles. The first-order valence-corrected chi connectivity index (χ1v) is 12.6. The Kier molecular flexibility index (Phi) is 5.13. The zero-order valence-corrected chi connectivity index (χ0v) is 19.6. The standard InChI is InChI=1S/C28H30N2O5/c31-24(30-28(25(32)33)11-5-6-12-28)27-14-17(27)13-18(15-27)29-26(34)35-16-23-21-9-3-1-7-19(21)20-8-2-4-10-22(20)23/h1-4,7-10,17-18,23H,5-6,11-16H2,(H,29,34)(H,30,31)(H,32,33)/t17-,18+,27+/m1/s1. The molecule has 7 heteroatoms. The van der Waals surface area contributed by atoms with Gasteiger partial charge in [-0.25, -0.2) is 9.59 Å². The van der Waals surface area contributed by atoms with Crippen LogP contribution < -0.4 is 10.6 Å². The predicted molar refractivity (Wildman–Crippen MR) is 129 cm³/mol. The smallest absolute Gasteiger partial charge is 0.407 e. The maximum Gasteiger partial charge on any atom is 0.407 e. The minimum atomic E-state index is -1.13. The molecule has 2 amide bonds. The third kappa shape index (κ3) is 3.60. The van der Waals surface area contributed by atoms with E-state index in [0.717, 1.165) is 25.7 Å². The molecule has 6 rings (SSSR count). The first kappa shape index (κ1) is 22.1. The number of ether oxygens (including phenoxy) is 1. The number of hydrogen-bond donors (Lipinski definition) is 3. The average molecular weight is 475 g/mol. The molecule has 182 valence electrons. The fourth-order valence-corrected chi connectivity index (χ4v) is 6.81. The van der Waals surface area contributed by atoms with Crippen molar-refractivity contribution < 1.29 is 24.2 Å². The first-order chi connectivity index (χ1) is 16.9. The summed E-state index contributed by atoms with van der Waals surface area (Å²) in [5, 5.41) is 15.6. The number of aliphatic carboxylic acids is 1. The zero-order valence-electron chi connectivity index (χ0n) is 19.6. The van der Waals surface area contributed by atoms with E-state index in [9.17, 15) is 19.5 Å². The molecular weight excluding hydrogens is 444 g/mol. The molecule has 0 radical (unpaired) electrons. The molecule has 0 aromatic heterocycles. The molecule has 35 heavy (non-hydrogen) atoms. The molecule has 3 fully saturated rings. The molecule has 3 atom stereocenters. The minimum Gasteiger partial charge on any atom is -0.480 e. The summed E-state index contributed by atoms with van der Waals surface area (Å²) < 4.78 is 5.67. The van der Waals surface area contributed by atoms with Crippen LogP contribution in [0.3, 0.4) is 0 Å². The molecule has 0 spiro atoms. The monoisotopic (exact) mass is 474 g/mol. The highest BCUT2D eigenvalue weighted by Gasteiger charge is 2.66. The quantitative estimate of drug-likeness (QED) is 0.582. The van der Waals surface area contributed by atoms with E-state index in [2.05, 4.69) is 34.9 Å². The Balaban J connectivity index is 1.06. The Morgan fingerprint density at radius 3 is 2.20 bits per heavy atom. The number of carbonyl (C=O) groups excluding carboxylic acids is 2. The molecule has 7 nitrogen and oxygen atoms in total. The van der Waals surface area contributed by atoms with E-state index in [1.807, 2.05) is 24.3 Å².